The van der Waals surface area contributed by atoms with Crippen LogP contribution in [0.25, 0.3) is 0 Å². The Kier molecular flexibility index (Phi) is 7.36. The average Bonchev–Trinajstić information content (AvgIpc) is 2.54. The van der Waals surface area contributed by atoms with Gasteiger partial charge in [0.2, 0.25) is 5.91 Å². The summed E-state index contributed by atoms with van der Waals surface area (Å²) in [5.41, 5.74) is 6.73. The molecule has 1 aromatic rings. The van der Waals surface area contributed by atoms with E-state index in [0.717, 1.165) is 52.2 Å². The molecule has 22 heavy (non-hydrogen) atoms. The fourth-order valence-electron chi connectivity index (χ4n) is 2.76. The van der Waals surface area contributed by atoms with Crippen LogP contribution in [0.5, 0.6) is 0 Å². The van der Waals surface area contributed by atoms with Gasteiger partial charge >= 0.3 is 0 Å². The Balaban J connectivity index is 1.56. The highest BCUT2D eigenvalue weighted by Crippen LogP contribution is 2.08. The molecule has 0 aromatic heterocycles. The maximum absolute atomic E-state index is 11.3. The second-order valence-electron chi connectivity index (χ2n) is 5.85. The van der Waals surface area contributed by atoms with Crippen LogP contribution in [0.3, 0.4) is 0 Å². The molecule has 0 radical (unpaired) electrons. The summed E-state index contributed by atoms with van der Waals surface area (Å²) >= 11 is 0. The van der Waals surface area contributed by atoms with Crippen LogP contribution in [0.15, 0.2) is 30.3 Å². The van der Waals surface area contributed by atoms with E-state index in [2.05, 4.69) is 45.4 Å². The van der Waals surface area contributed by atoms with E-state index in [1.165, 1.54) is 5.56 Å². The lowest BCUT2D eigenvalue weighted by molar-refractivity contribution is -0.120. The first-order valence-corrected chi connectivity index (χ1v) is 8.23. The van der Waals surface area contributed by atoms with E-state index in [1.807, 2.05) is 0 Å². The number of rotatable bonds is 8. The van der Waals surface area contributed by atoms with E-state index in [9.17, 15) is 4.79 Å². The third kappa shape index (κ3) is 6.13. The SMILES string of the molecule is NCCC(=O)NCCCN1CCN(Cc2ccccc2)CC1. The molecular weight excluding hydrogens is 276 g/mol. The Labute approximate surface area is 133 Å². The van der Waals surface area contributed by atoms with Gasteiger partial charge < -0.3 is 16.0 Å². The summed E-state index contributed by atoms with van der Waals surface area (Å²) in [7, 11) is 0. The summed E-state index contributed by atoms with van der Waals surface area (Å²) < 4.78 is 0. The van der Waals surface area contributed by atoms with Gasteiger partial charge in [0, 0.05) is 52.2 Å². The molecule has 0 bridgehead atoms. The Bertz CT molecular complexity index is 430. The lowest BCUT2D eigenvalue weighted by Crippen LogP contribution is -2.46. The first-order valence-electron chi connectivity index (χ1n) is 8.23. The van der Waals surface area contributed by atoms with Gasteiger partial charge in [-0.2, -0.15) is 0 Å². The van der Waals surface area contributed by atoms with E-state index >= 15 is 0 Å². The molecule has 1 aliphatic rings. The highest BCUT2D eigenvalue weighted by Gasteiger charge is 2.16. The second-order valence-corrected chi connectivity index (χ2v) is 5.85. The third-order valence-electron chi connectivity index (χ3n) is 4.06. The maximum Gasteiger partial charge on any atom is 0.221 e. The van der Waals surface area contributed by atoms with Gasteiger partial charge in [-0.05, 0) is 18.5 Å². The number of carbonyl (C=O) groups excluding carboxylic acids is 1. The van der Waals surface area contributed by atoms with Crippen molar-refractivity contribution in [2.45, 2.75) is 19.4 Å². The van der Waals surface area contributed by atoms with Crippen LogP contribution in [0.1, 0.15) is 18.4 Å². The van der Waals surface area contributed by atoms with Crippen molar-refractivity contribution in [3.05, 3.63) is 35.9 Å². The monoisotopic (exact) mass is 304 g/mol. The summed E-state index contributed by atoms with van der Waals surface area (Å²) in [5, 5.41) is 2.91. The van der Waals surface area contributed by atoms with Crippen LogP contribution in [-0.4, -0.2) is 61.5 Å². The molecule has 5 nitrogen and oxygen atoms in total. The normalized spacial score (nSPS) is 16.6. The number of hydrogen-bond donors (Lipinski definition) is 2. The quantitative estimate of drug-likeness (QED) is 0.693. The fraction of sp³-hybridized carbons (Fsp3) is 0.588. The Morgan fingerprint density at radius 1 is 1.09 bits per heavy atom. The Morgan fingerprint density at radius 3 is 2.45 bits per heavy atom. The van der Waals surface area contributed by atoms with Gasteiger partial charge in [-0.15, -0.1) is 0 Å². The topological polar surface area (TPSA) is 61.6 Å². The van der Waals surface area contributed by atoms with Crippen molar-refractivity contribution in [2.75, 3.05) is 45.8 Å². The standard InChI is InChI=1S/C17H28N4O/c18-8-7-17(22)19-9-4-10-20-11-13-21(14-12-20)15-16-5-2-1-3-6-16/h1-3,5-6H,4,7-15,18H2,(H,19,22). The minimum atomic E-state index is 0.0650. The van der Waals surface area contributed by atoms with Crippen molar-refractivity contribution in [1.29, 1.82) is 0 Å². The summed E-state index contributed by atoms with van der Waals surface area (Å²) in [6.07, 6.45) is 1.44. The molecule has 0 unspecified atom stereocenters. The molecule has 1 aromatic carbocycles. The van der Waals surface area contributed by atoms with E-state index in [-0.39, 0.29) is 5.91 Å². The zero-order valence-electron chi connectivity index (χ0n) is 13.3. The van der Waals surface area contributed by atoms with Gasteiger partial charge in [-0.3, -0.25) is 9.69 Å². The minimum absolute atomic E-state index is 0.0650. The van der Waals surface area contributed by atoms with Crippen molar-refractivity contribution in [2.24, 2.45) is 5.73 Å². The van der Waals surface area contributed by atoms with Crippen LogP contribution in [0.4, 0.5) is 0 Å². The molecular formula is C17H28N4O. The van der Waals surface area contributed by atoms with E-state index in [4.69, 9.17) is 5.73 Å². The number of nitrogens with one attached hydrogen (secondary N) is 1. The molecule has 0 aliphatic carbocycles. The van der Waals surface area contributed by atoms with Crippen LogP contribution in [-0.2, 0) is 11.3 Å². The van der Waals surface area contributed by atoms with Gasteiger partial charge in [-0.25, -0.2) is 0 Å². The molecule has 0 spiro atoms. The largest absolute Gasteiger partial charge is 0.356 e. The number of piperazine rings is 1. The summed E-state index contributed by atoms with van der Waals surface area (Å²) in [4.78, 5) is 16.3. The number of nitrogens with two attached hydrogens (primary N) is 1. The zero-order valence-corrected chi connectivity index (χ0v) is 13.3. The molecule has 1 aliphatic heterocycles. The molecule has 1 amide bonds. The maximum atomic E-state index is 11.3. The lowest BCUT2D eigenvalue weighted by atomic mass is 10.2. The highest BCUT2D eigenvalue weighted by molar-refractivity contribution is 5.75. The molecule has 1 heterocycles. The van der Waals surface area contributed by atoms with Crippen LogP contribution in [0, 0.1) is 0 Å². The molecule has 3 N–H and O–H groups in total. The lowest BCUT2D eigenvalue weighted by Gasteiger charge is -2.34. The van der Waals surface area contributed by atoms with Gasteiger partial charge in [0.25, 0.3) is 0 Å². The summed E-state index contributed by atoms with van der Waals surface area (Å²) in [6.45, 7) is 7.75. The number of nitrogens with zero attached hydrogens (tertiary/aromatic N) is 2. The Morgan fingerprint density at radius 2 is 1.77 bits per heavy atom. The van der Waals surface area contributed by atoms with E-state index in [0.29, 0.717) is 13.0 Å². The number of carbonyl (C=O) groups is 1. The van der Waals surface area contributed by atoms with Crippen LogP contribution >= 0.6 is 0 Å². The first kappa shape index (κ1) is 16.9. The second kappa shape index (κ2) is 9.56. The molecule has 2 rings (SSSR count). The summed E-state index contributed by atoms with van der Waals surface area (Å²) in [5.74, 6) is 0.0650. The smallest absolute Gasteiger partial charge is 0.221 e. The van der Waals surface area contributed by atoms with E-state index < -0.39 is 0 Å². The van der Waals surface area contributed by atoms with Crippen molar-refractivity contribution in [3.8, 4) is 0 Å². The average molecular weight is 304 g/mol. The van der Waals surface area contributed by atoms with Gasteiger partial charge in [0.1, 0.15) is 0 Å². The fourth-order valence-corrected chi connectivity index (χ4v) is 2.76. The van der Waals surface area contributed by atoms with Crippen LogP contribution in [0.2, 0.25) is 0 Å². The predicted molar refractivity (Wildman–Crippen MR) is 89.5 cm³/mol. The van der Waals surface area contributed by atoms with Crippen molar-refractivity contribution in [1.82, 2.24) is 15.1 Å². The minimum Gasteiger partial charge on any atom is -0.356 e. The number of benzene rings is 1. The molecule has 1 fully saturated rings. The molecule has 0 atom stereocenters. The highest BCUT2D eigenvalue weighted by atomic mass is 16.1. The van der Waals surface area contributed by atoms with E-state index in [1.54, 1.807) is 0 Å². The van der Waals surface area contributed by atoms with Crippen molar-refractivity contribution >= 4 is 5.91 Å². The molecule has 5 heteroatoms. The predicted octanol–water partition coefficient (Wildman–Crippen LogP) is 0.659. The number of hydrogen-bond acceptors (Lipinski definition) is 4. The third-order valence-corrected chi connectivity index (χ3v) is 4.06. The molecule has 0 saturated carbocycles. The molecule has 122 valence electrons. The Hall–Kier alpha value is -1.43. The van der Waals surface area contributed by atoms with Gasteiger partial charge in [-0.1, -0.05) is 30.3 Å². The number of amides is 1. The van der Waals surface area contributed by atoms with Gasteiger partial charge in [0.05, 0.1) is 0 Å². The van der Waals surface area contributed by atoms with Gasteiger partial charge in [0.15, 0.2) is 0 Å². The zero-order chi connectivity index (χ0) is 15.6. The molecule has 1 saturated heterocycles. The van der Waals surface area contributed by atoms with Crippen molar-refractivity contribution in [3.63, 3.8) is 0 Å². The summed E-state index contributed by atoms with van der Waals surface area (Å²) in [6, 6.07) is 10.6. The first-order chi connectivity index (χ1) is 10.8. The van der Waals surface area contributed by atoms with Crippen LogP contribution < -0.4 is 11.1 Å². The van der Waals surface area contributed by atoms with Crippen molar-refractivity contribution < 1.29 is 4.79 Å².